The van der Waals surface area contributed by atoms with Crippen molar-refractivity contribution in [1.82, 2.24) is 0 Å². The van der Waals surface area contributed by atoms with Crippen molar-refractivity contribution >= 4 is 19.8 Å². The van der Waals surface area contributed by atoms with E-state index in [1.165, 1.54) is 51.4 Å². The van der Waals surface area contributed by atoms with E-state index in [9.17, 15) is 19.0 Å². The minimum absolute atomic E-state index is 0.00722. The van der Waals surface area contributed by atoms with Crippen molar-refractivity contribution < 1.29 is 42.7 Å². The van der Waals surface area contributed by atoms with Gasteiger partial charge >= 0.3 is 19.8 Å². The van der Waals surface area contributed by atoms with Gasteiger partial charge in [-0.25, -0.2) is 4.57 Å². The van der Waals surface area contributed by atoms with Crippen molar-refractivity contribution in [2.45, 2.75) is 187 Å². The van der Waals surface area contributed by atoms with Crippen molar-refractivity contribution in [2.24, 2.45) is 5.73 Å². The minimum atomic E-state index is -4.64. The summed E-state index contributed by atoms with van der Waals surface area (Å²) < 4.78 is 33.4. The summed E-state index contributed by atoms with van der Waals surface area (Å²) in [5, 5.41) is 8.92. The lowest BCUT2D eigenvalue weighted by Gasteiger charge is -2.20. The van der Waals surface area contributed by atoms with Crippen molar-refractivity contribution in [3.8, 4) is 0 Å². The van der Waals surface area contributed by atoms with E-state index in [1.54, 1.807) is 0 Å². The molecule has 3 atom stereocenters. The van der Waals surface area contributed by atoms with E-state index in [4.69, 9.17) is 29.4 Å². The van der Waals surface area contributed by atoms with Crippen LogP contribution in [0.1, 0.15) is 174 Å². The molecule has 0 aromatic rings. The highest BCUT2D eigenvalue weighted by Gasteiger charge is 2.27. The molecule has 10 nitrogen and oxygen atoms in total. The van der Waals surface area contributed by atoms with Crippen LogP contribution in [-0.4, -0.2) is 60.5 Å². The fraction of sp³-hybridized carbons (Fsp3) is 0.647. The first-order valence-electron chi connectivity index (χ1n) is 23.8. The third-order valence-corrected chi connectivity index (χ3v) is 10.5. The molecule has 0 heterocycles. The number of rotatable bonds is 44. The zero-order valence-corrected chi connectivity index (χ0v) is 39.6. The molecule has 0 aliphatic heterocycles. The lowest BCUT2D eigenvalue weighted by atomic mass is 10.1. The summed E-state index contributed by atoms with van der Waals surface area (Å²) in [5.74, 6) is -1.82. The van der Waals surface area contributed by atoms with Crippen LogP contribution in [-0.2, 0) is 32.7 Å². The molecule has 0 aliphatic rings. The molecule has 0 fully saturated rings. The summed E-state index contributed by atoms with van der Waals surface area (Å²) in [7, 11) is -4.64. The van der Waals surface area contributed by atoms with Crippen LogP contribution in [0.2, 0.25) is 0 Å². The van der Waals surface area contributed by atoms with Crippen LogP contribution in [0, 0.1) is 0 Å². The third kappa shape index (κ3) is 44.9. The van der Waals surface area contributed by atoms with Gasteiger partial charge in [-0.3, -0.25) is 18.6 Å². The number of aliphatic carboxylic acids is 1. The Morgan fingerprint density at radius 2 is 0.935 bits per heavy atom. The topological polar surface area (TPSA) is 155 Å². The van der Waals surface area contributed by atoms with Crippen LogP contribution in [0.5, 0.6) is 0 Å². The van der Waals surface area contributed by atoms with Crippen LogP contribution in [0.15, 0.2) is 97.2 Å². The lowest BCUT2D eigenvalue weighted by molar-refractivity contribution is -0.154. The van der Waals surface area contributed by atoms with Crippen molar-refractivity contribution in [2.75, 3.05) is 26.4 Å². The van der Waals surface area contributed by atoms with Crippen LogP contribution in [0.25, 0.3) is 0 Å². The smallest absolute Gasteiger partial charge is 0.472 e. The van der Waals surface area contributed by atoms with E-state index >= 15 is 0 Å². The van der Waals surface area contributed by atoms with Gasteiger partial charge in [0.25, 0.3) is 0 Å². The number of esters is 1. The third-order valence-electron chi connectivity index (χ3n) is 9.60. The summed E-state index contributed by atoms with van der Waals surface area (Å²) in [6.07, 6.45) is 60.3. The summed E-state index contributed by atoms with van der Waals surface area (Å²) in [6.45, 7) is 3.68. The van der Waals surface area contributed by atoms with Crippen LogP contribution in [0.3, 0.4) is 0 Å². The van der Waals surface area contributed by atoms with Crippen molar-refractivity contribution in [1.29, 1.82) is 0 Å². The van der Waals surface area contributed by atoms with Gasteiger partial charge < -0.3 is 25.2 Å². The fourth-order valence-corrected chi connectivity index (χ4v) is 6.71. The molecular formula is C51H86NO9P. The number of carboxylic acids is 1. The highest BCUT2D eigenvalue weighted by atomic mass is 31.2. The highest BCUT2D eigenvalue weighted by Crippen LogP contribution is 2.43. The predicted molar refractivity (Wildman–Crippen MR) is 258 cm³/mol. The van der Waals surface area contributed by atoms with Gasteiger partial charge in [-0.15, -0.1) is 0 Å². The molecule has 4 N–H and O–H groups in total. The molecule has 0 radical (unpaired) electrons. The van der Waals surface area contributed by atoms with Crippen LogP contribution >= 0.6 is 7.82 Å². The standard InChI is InChI=1S/C51H86NO9P/c1-3-5-7-9-11-13-15-17-19-21-22-23-24-25-26-27-29-31-33-35-37-39-41-43-50(53)61-48(46-59-62(56,57)60-47-49(52)51(54)55)45-58-44-42-40-38-36-34-32-30-28-20-18-16-14-12-10-8-6-4-2/h5,7,11,13-14,16-17,19-20,22-23,25-26,28-29,31,48-49H,3-4,6,8-10,12,15,18,21,24,27,30,32-47,52H2,1-2H3,(H,54,55)(H,56,57)/b7-5-,13-11-,16-14-,19-17-,23-22-,26-25-,28-20-,31-29-. The molecule has 0 aromatic heterocycles. The number of carbonyl (C=O) groups excluding carboxylic acids is 1. The van der Waals surface area contributed by atoms with E-state index in [-0.39, 0.29) is 13.0 Å². The molecule has 0 saturated carbocycles. The van der Waals surface area contributed by atoms with E-state index in [0.29, 0.717) is 13.0 Å². The van der Waals surface area contributed by atoms with Gasteiger partial charge in [-0.2, -0.15) is 0 Å². The molecule has 0 aliphatic carbocycles. The molecule has 11 heteroatoms. The maximum Gasteiger partial charge on any atom is 0.472 e. The predicted octanol–water partition coefficient (Wildman–Crippen LogP) is 13.7. The Kier molecular flexibility index (Phi) is 43.6. The summed E-state index contributed by atoms with van der Waals surface area (Å²) in [6, 6.07) is -1.49. The normalized spacial score (nSPS) is 14.6. The minimum Gasteiger partial charge on any atom is -0.480 e. The molecule has 0 aromatic carbocycles. The molecule has 62 heavy (non-hydrogen) atoms. The Labute approximate surface area is 377 Å². The fourth-order valence-electron chi connectivity index (χ4n) is 5.93. The number of nitrogens with two attached hydrogens (primary N) is 1. The summed E-state index contributed by atoms with van der Waals surface area (Å²) >= 11 is 0. The molecular weight excluding hydrogens is 802 g/mol. The quantitative estimate of drug-likeness (QED) is 0.0233. The molecule has 0 spiro atoms. The first-order chi connectivity index (χ1) is 30.2. The Hall–Kier alpha value is -3.11. The van der Waals surface area contributed by atoms with Gasteiger partial charge in [-0.05, 0) is 96.3 Å². The second kappa shape index (κ2) is 45.9. The molecule has 0 rings (SSSR count). The lowest BCUT2D eigenvalue weighted by Crippen LogP contribution is -2.34. The maximum absolute atomic E-state index is 12.7. The molecule has 0 amide bonds. The van der Waals surface area contributed by atoms with E-state index in [2.05, 4.69) is 111 Å². The van der Waals surface area contributed by atoms with Crippen LogP contribution < -0.4 is 5.73 Å². The number of ether oxygens (including phenoxy) is 2. The van der Waals surface area contributed by atoms with Gasteiger partial charge in [0, 0.05) is 13.0 Å². The Morgan fingerprint density at radius 3 is 1.40 bits per heavy atom. The number of phosphoric ester groups is 1. The highest BCUT2D eigenvalue weighted by molar-refractivity contribution is 7.47. The molecule has 354 valence electrons. The maximum atomic E-state index is 12.7. The van der Waals surface area contributed by atoms with Gasteiger partial charge in [0.1, 0.15) is 12.1 Å². The number of hydrogen-bond donors (Lipinski definition) is 3. The number of allylic oxidation sites excluding steroid dienone is 16. The van der Waals surface area contributed by atoms with E-state index < -0.39 is 45.1 Å². The molecule has 0 saturated heterocycles. The van der Waals surface area contributed by atoms with Crippen LogP contribution in [0.4, 0.5) is 0 Å². The first-order valence-corrected chi connectivity index (χ1v) is 25.3. The Morgan fingerprint density at radius 1 is 0.532 bits per heavy atom. The van der Waals surface area contributed by atoms with Gasteiger partial charge in [0.2, 0.25) is 0 Å². The molecule has 3 unspecified atom stereocenters. The zero-order chi connectivity index (χ0) is 45.5. The second-order valence-corrected chi connectivity index (χ2v) is 17.0. The Bertz CT molecular complexity index is 1350. The SMILES string of the molecule is CC/C=C\C/C=C\C/C=C\C/C=C\C/C=C\C/C=C\CCCCCCC(=O)OC(COCCCCCCCC/C=C\C/C=C\CCCCCC)COP(=O)(O)OCC(N)C(=O)O. The number of unbranched alkanes of at least 4 members (excludes halogenated alkanes) is 14. The van der Waals surface area contributed by atoms with Crippen molar-refractivity contribution in [3.63, 3.8) is 0 Å². The second-order valence-electron chi connectivity index (χ2n) is 15.5. The first kappa shape index (κ1) is 58.9. The molecule has 0 bridgehead atoms. The average molecular weight is 888 g/mol. The Balaban J connectivity index is 4.30. The number of carboxylic acid groups (broad SMARTS) is 1. The number of phosphoric acid groups is 1. The van der Waals surface area contributed by atoms with Gasteiger partial charge in [0.15, 0.2) is 0 Å². The average Bonchev–Trinajstić information content (AvgIpc) is 3.25. The van der Waals surface area contributed by atoms with E-state index in [1.807, 2.05) is 0 Å². The van der Waals surface area contributed by atoms with Crippen molar-refractivity contribution in [3.05, 3.63) is 97.2 Å². The largest absolute Gasteiger partial charge is 0.480 e. The number of hydrogen-bond acceptors (Lipinski definition) is 8. The van der Waals surface area contributed by atoms with Gasteiger partial charge in [0.05, 0.1) is 19.8 Å². The van der Waals surface area contributed by atoms with E-state index in [0.717, 1.165) is 96.3 Å². The van der Waals surface area contributed by atoms with Gasteiger partial charge in [-0.1, -0.05) is 169 Å². The number of carbonyl (C=O) groups is 2. The summed E-state index contributed by atoms with van der Waals surface area (Å²) in [5.41, 5.74) is 5.36. The zero-order valence-electron chi connectivity index (χ0n) is 38.7. The summed E-state index contributed by atoms with van der Waals surface area (Å²) in [4.78, 5) is 33.6. The monoisotopic (exact) mass is 888 g/mol.